The minimum atomic E-state index is -0.891. The van der Waals surface area contributed by atoms with Gasteiger partial charge >= 0.3 is 0 Å². The highest BCUT2D eigenvalue weighted by Crippen LogP contribution is 2.69. The molecule has 5 rings (SSSR count). The topological polar surface area (TPSA) is 90.4 Å². The summed E-state index contributed by atoms with van der Waals surface area (Å²) in [5.41, 5.74) is 0.803. The fraction of sp³-hybridized carbons (Fsp3) is 0.537. The third kappa shape index (κ3) is 6.63. The average molecular weight is 702 g/mol. The van der Waals surface area contributed by atoms with Crippen LogP contribution in [-0.4, -0.2) is 80.5 Å². The maximum absolute atomic E-state index is 15.4. The van der Waals surface area contributed by atoms with Crippen LogP contribution in [0.3, 0.4) is 0 Å². The lowest BCUT2D eigenvalue weighted by molar-refractivity contribution is -0.149. The Labute approximate surface area is 302 Å². The standard InChI is InChI=1S/C41H55N3O5S/c1-10-22-42(29-18-20-30(21-19-29)49-12-3)36(46)33-32-24-27(4)41(50-32)34(33)37(47)44(31(25-45)28-16-14-13-15-17-28)35(41)38(48)43(23-11-2)40(8,9)26-39(5,6)7/h10-11,13-21,27,31-35,45H,1-2,12,22-26H2,3-9H3/t27?,31-,32-,33+,34+,35?,41?/m1/s1. The van der Waals surface area contributed by atoms with E-state index in [1.54, 1.807) is 33.7 Å². The molecule has 0 aliphatic carbocycles. The molecule has 270 valence electrons. The van der Waals surface area contributed by atoms with Gasteiger partial charge in [0.05, 0.1) is 35.8 Å². The first-order valence-corrected chi connectivity index (χ1v) is 18.8. The largest absolute Gasteiger partial charge is 0.494 e. The van der Waals surface area contributed by atoms with Crippen molar-refractivity contribution >= 4 is 35.2 Å². The van der Waals surface area contributed by atoms with Crippen molar-refractivity contribution in [1.29, 1.82) is 0 Å². The number of carbonyl (C=O) groups is 3. The monoisotopic (exact) mass is 701 g/mol. The molecule has 7 atom stereocenters. The summed E-state index contributed by atoms with van der Waals surface area (Å²) >= 11 is 1.65. The Hall–Kier alpha value is -3.56. The summed E-state index contributed by atoms with van der Waals surface area (Å²) in [6.07, 6.45) is 4.88. The third-order valence-electron chi connectivity index (χ3n) is 10.7. The molecule has 3 saturated heterocycles. The molecule has 8 nitrogen and oxygen atoms in total. The van der Waals surface area contributed by atoms with Crippen molar-refractivity contribution in [2.24, 2.45) is 23.2 Å². The number of aliphatic hydroxyl groups is 1. The van der Waals surface area contributed by atoms with E-state index in [2.05, 4.69) is 54.7 Å². The smallest absolute Gasteiger partial charge is 0.247 e. The normalized spacial score (nSPS) is 26.4. The Morgan fingerprint density at radius 3 is 2.24 bits per heavy atom. The fourth-order valence-corrected chi connectivity index (χ4v) is 11.6. The number of hydrogen-bond acceptors (Lipinski definition) is 6. The summed E-state index contributed by atoms with van der Waals surface area (Å²) < 4.78 is 4.78. The first-order chi connectivity index (χ1) is 23.7. The Balaban J connectivity index is 1.65. The molecule has 2 aromatic carbocycles. The van der Waals surface area contributed by atoms with Crippen LogP contribution in [0.15, 0.2) is 79.9 Å². The van der Waals surface area contributed by atoms with Crippen LogP contribution in [0.1, 0.15) is 72.9 Å². The van der Waals surface area contributed by atoms with E-state index < -0.39 is 34.2 Å². The van der Waals surface area contributed by atoms with Crippen molar-refractivity contribution in [3.05, 3.63) is 85.5 Å². The number of amides is 3. The SMILES string of the molecule is C=CCN(C(=O)[C@@H]1[C@H]2C(=O)N([C@H](CO)c3ccccc3)C(C(=O)N(CC=C)C(C)(C)CC(C)(C)C)C23S[C@@H]1CC3C)c1ccc(OCC)cc1. The molecule has 3 fully saturated rings. The number of hydrogen-bond donors (Lipinski definition) is 1. The van der Waals surface area contributed by atoms with Gasteiger partial charge in [0, 0.05) is 29.6 Å². The van der Waals surface area contributed by atoms with Crippen molar-refractivity contribution in [3.8, 4) is 5.75 Å². The summed E-state index contributed by atoms with van der Waals surface area (Å²) in [5, 5.41) is 10.9. The van der Waals surface area contributed by atoms with Crippen LogP contribution in [0.2, 0.25) is 0 Å². The molecule has 3 unspecified atom stereocenters. The number of anilines is 1. The maximum Gasteiger partial charge on any atom is 0.247 e. The fourth-order valence-electron chi connectivity index (χ4n) is 9.21. The van der Waals surface area contributed by atoms with Gasteiger partial charge in [-0.3, -0.25) is 14.4 Å². The summed E-state index contributed by atoms with van der Waals surface area (Å²) in [7, 11) is 0. The molecule has 3 aliphatic heterocycles. The molecule has 2 bridgehead atoms. The number of aliphatic hydroxyl groups excluding tert-OH is 1. The average Bonchev–Trinajstić information content (AvgIpc) is 3.66. The third-order valence-corrected chi connectivity index (χ3v) is 12.8. The maximum atomic E-state index is 15.4. The zero-order chi connectivity index (χ0) is 36.6. The number of carbonyl (C=O) groups excluding carboxylic acids is 3. The molecule has 1 N–H and O–H groups in total. The van der Waals surface area contributed by atoms with E-state index in [-0.39, 0.29) is 47.5 Å². The van der Waals surface area contributed by atoms with Crippen molar-refractivity contribution < 1.29 is 24.2 Å². The van der Waals surface area contributed by atoms with E-state index in [4.69, 9.17) is 4.74 Å². The molecule has 0 radical (unpaired) electrons. The van der Waals surface area contributed by atoms with Crippen molar-refractivity contribution in [2.45, 2.75) is 88.9 Å². The van der Waals surface area contributed by atoms with Crippen molar-refractivity contribution in [1.82, 2.24) is 9.80 Å². The Morgan fingerprint density at radius 1 is 1.04 bits per heavy atom. The molecule has 9 heteroatoms. The lowest BCUT2D eigenvalue weighted by atomic mass is 9.65. The molecule has 2 aromatic rings. The predicted molar refractivity (Wildman–Crippen MR) is 202 cm³/mol. The minimum absolute atomic E-state index is 0.0285. The number of thioether (sulfide) groups is 1. The first-order valence-electron chi connectivity index (χ1n) is 17.9. The summed E-state index contributed by atoms with van der Waals surface area (Å²) in [6.45, 7) is 23.4. The van der Waals surface area contributed by atoms with Crippen LogP contribution in [0.5, 0.6) is 5.75 Å². The lowest BCUT2D eigenvalue weighted by Crippen LogP contribution is -2.62. The number of rotatable bonds is 14. The second-order valence-corrected chi connectivity index (χ2v) is 17.4. The summed E-state index contributed by atoms with van der Waals surface area (Å²) in [4.78, 5) is 50.8. The highest BCUT2D eigenvalue weighted by atomic mass is 32.2. The van der Waals surface area contributed by atoms with E-state index >= 15 is 9.59 Å². The molecule has 0 aromatic heterocycles. The molecular weight excluding hydrogens is 647 g/mol. The van der Waals surface area contributed by atoms with Gasteiger partial charge in [-0.1, -0.05) is 70.2 Å². The van der Waals surface area contributed by atoms with Crippen LogP contribution in [0.4, 0.5) is 5.69 Å². The van der Waals surface area contributed by atoms with E-state index in [0.717, 1.165) is 12.0 Å². The molecular formula is C41H55N3O5S. The highest BCUT2D eigenvalue weighted by molar-refractivity contribution is 8.02. The minimum Gasteiger partial charge on any atom is -0.494 e. The van der Waals surface area contributed by atoms with Crippen LogP contribution >= 0.6 is 11.8 Å². The summed E-state index contributed by atoms with van der Waals surface area (Å²) in [6, 6.07) is 15.2. The number of likely N-dealkylation sites (tertiary alicyclic amines) is 1. The van der Waals surface area contributed by atoms with E-state index in [0.29, 0.717) is 31.0 Å². The first kappa shape index (κ1) is 37.7. The zero-order valence-corrected chi connectivity index (χ0v) is 31.6. The van der Waals surface area contributed by atoms with Crippen molar-refractivity contribution in [3.63, 3.8) is 0 Å². The molecule has 3 heterocycles. The lowest BCUT2D eigenvalue weighted by Gasteiger charge is -2.47. The zero-order valence-electron chi connectivity index (χ0n) is 30.8. The molecule has 1 spiro atoms. The molecule has 50 heavy (non-hydrogen) atoms. The van der Waals surface area contributed by atoms with E-state index in [1.165, 1.54) is 0 Å². The Morgan fingerprint density at radius 2 is 1.68 bits per heavy atom. The van der Waals surface area contributed by atoms with Crippen LogP contribution < -0.4 is 9.64 Å². The Bertz CT molecular complexity index is 1570. The van der Waals surface area contributed by atoms with Crippen LogP contribution in [-0.2, 0) is 14.4 Å². The van der Waals surface area contributed by atoms with Gasteiger partial charge in [-0.25, -0.2) is 0 Å². The predicted octanol–water partition coefficient (Wildman–Crippen LogP) is 6.90. The van der Waals surface area contributed by atoms with Crippen LogP contribution in [0.25, 0.3) is 0 Å². The quantitative estimate of drug-likeness (QED) is 0.216. The van der Waals surface area contributed by atoms with E-state index in [9.17, 15) is 9.90 Å². The molecule has 3 amide bonds. The van der Waals surface area contributed by atoms with Gasteiger partial charge in [0.1, 0.15) is 11.8 Å². The number of ether oxygens (including phenoxy) is 1. The molecule has 0 saturated carbocycles. The number of nitrogens with zero attached hydrogens (tertiary/aromatic N) is 3. The van der Waals surface area contributed by atoms with Gasteiger partial charge in [-0.2, -0.15) is 0 Å². The van der Waals surface area contributed by atoms with Gasteiger partial charge in [-0.15, -0.1) is 24.9 Å². The van der Waals surface area contributed by atoms with Crippen LogP contribution in [0, 0.1) is 23.2 Å². The number of benzene rings is 2. The van der Waals surface area contributed by atoms with Gasteiger partial charge in [-0.05, 0) is 74.8 Å². The van der Waals surface area contributed by atoms with E-state index in [1.807, 2.05) is 66.4 Å². The van der Waals surface area contributed by atoms with Crippen molar-refractivity contribution in [2.75, 3.05) is 31.2 Å². The van der Waals surface area contributed by atoms with Gasteiger partial charge < -0.3 is 24.5 Å². The highest BCUT2D eigenvalue weighted by Gasteiger charge is 2.77. The Kier molecular flexibility index (Phi) is 11.0. The van der Waals surface area contributed by atoms with Gasteiger partial charge in [0.25, 0.3) is 0 Å². The van der Waals surface area contributed by atoms with Gasteiger partial charge in [0.2, 0.25) is 17.7 Å². The van der Waals surface area contributed by atoms with Gasteiger partial charge in [0.15, 0.2) is 0 Å². The number of fused-ring (bicyclic) bond motifs is 1. The summed E-state index contributed by atoms with van der Waals surface area (Å²) in [5.74, 6) is -1.27. The second kappa shape index (κ2) is 14.6. The molecule has 3 aliphatic rings. The second-order valence-electron chi connectivity index (χ2n) is 15.9.